The highest BCUT2D eigenvalue weighted by molar-refractivity contribution is 7.18. The first-order valence-electron chi connectivity index (χ1n) is 11.8. The third-order valence-electron chi connectivity index (χ3n) is 6.09. The molecular weight excluding hydrogens is 466 g/mol. The van der Waals surface area contributed by atoms with E-state index in [2.05, 4.69) is 38.2 Å². The first-order chi connectivity index (χ1) is 17.0. The second-order valence-corrected chi connectivity index (χ2v) is 9.58. The number of nitrogens with zero attached hydrogens (tertiary/aromatic N) is 7. The molecule has 11 heteroatoms. The van der Waals surface area contributed by atoms with Gasteiger partial charge in [-0.2, -0.15) is 0 Å². The van der Waals surface area contributed by atoms with Crippen molar-refractivity contribution in [1.29, 1.82) is 0 Å². The van der Waals surface area contributed by atoms with Gasteiger partial charge in [-0.25, -0.2) is 9.97 Å². The van der Waals surface area contributed by atoms with Crippen LogP contribution in [0.5, 0.6) is 0 Å². The third kappa shape index (κ3) is 4.81. The molecule has 0 aliphatic carbocycles. The minimum absolute atomic E-state index is 0.109. The SMILES string of the molecule is CCc1cc2c(N3CCN(C(=O)CCCOn4nnc5ccccc54)CC3)nc(C(C)=O)nc2s1. The van der Waals surface area contributed by atoms with Crippen molar-refractivity contribution in [1.82, 2.24) is 30.0 Å². The number of carbonyl (C=O) groups is 2. The minimum Gasteiger partial charge on any atom is -0.395 e. The van der Waals surface area contributed by atoms with E-state index in [0.29, 0.717) is 45.6 Å². The van der Waals surface area contributed by atoms with Crippen LogP contribution >= 0.6 is 11.3 Å². The molecule has 1 aromatic carbocycles. The highest BCUT2D eigenvalue weighted by atomic mass is 32.1. The van der Waals surface area contributed by atoms with Crippen molar-refractivity contribution >= 4 is 50.1 Å². The number of benzene rings is 1. The zero-order valence-corrected chi connectivity index (χ0v) is 20.6. The number of carbonyl (C=O) groups excluding carboxylic acids is 2. The summed E-state index contributed by atoms with van der Waals surface area (Å²) in [7, 11) is 0. The Labute approximate surface area is 206 Å². The van der Waals surface area contributed by atoms with E-state index in [9.17, 15) is 9.59 Å². The minimum atomic E-state index is -0.144. The maximum Gasteiger partial charge on any atom is 0.222 e. The Morgan fingerprint density at radius 1 is 1.11 bits per heavy atom. The van der Waals surface area contributed by atoms with E-state index in [-0.39, 0.29) is 17.5 Å². The predicted octanol–water partition coefficient (Wildman–Crippen LogP) is 2.76. The summed E-state index contributed by atoms with van der Waals surface area (Å²) in [6.45, 7) is 6.52. The van der Waals surface area contributed by atoms with Crippen LogP contribution in [-0.2, 0) is 11.2 Å². The largest absolute Gasteiger partial charge is 0.395 e. The van der Waals surface area contributed by atoms with E-state index in [1.807, 2.05) is 29.2 Å². The monoisotopic (exact) mass is 493 g/mol. The average Bonchev–Trinajstić information content (AvgIpc) is 3.50. The lowest BCUT2D eigenvalue weighted by molar-refractivity contribution is -0.131. The fourth-order valence-electron chi connectivity index (χ4n) is 4.17. The van der Waals surface area contributed by atoms with E-state index in [4.69, 9.17) is 4.84 Å². The third-order valence-corrected chi connectivity index (χ3v) is 7.26. The molecule has 0 N–H and O–H groups in total. The summed E-state index contributed by atoms with van der Waals surface area (Å²) >= 11 is 1.61. The van der Waals surface area contributed by atoms with Gasteiger partial charge >= 0.3 is 0 Å². The smallest absolute Gasteiger partial charge is 0.222 e. The second kappa shape index (κ2) is 9.95. The number of rotatable bonds is 8. The van der Waals surface area contributed by atoms with Gasteiger partial charge in [0, 0.05) is 44.4 Å². The zero-order valence-electron chi connectivity index (χ0n) is 19.8. The summed E-state index contributed by atoms with van der Waals surface area (Å²) in [5.74, 6) is 1.000. The summed E-state index contributed by atoms with van der Waals surface area (Å²) in [5, 5.41) is 9.04. The molecule has 0 atom stereocenters. The Balaban J connectivity index is 1.16. The fraction of sp³-hybridized carbons (Fsp3) is 0.417. The Morgan fingerprint density at radius 2 is 1.91 bits per heavy atom. The number of ketones is 1. The van der Waals surface area contributed by atoms with Gasteiger partial charge in [-0.05, 0) is 36.3 Å². The van der Waals surface area contributed by atoms with Gasteiger partial charge in [0.05, 0.1) is 5.39 Å². The highest BCUT2D eigenvalue weighted by Gasteiger charge is 2.25. The number of thiophene rings is 1. The molecule has 3 aromatic heterocycles. The number of amides is 1. The van der Waals surface area contributed by atoms with Crippen LogP contribution in [0.1, 0.15) is 42.2 Å². The second-order valence-electron chi connectivity index (χ2n) is 8.47. The molecule has 1 aliphatic heterocycles. The van der Waals surface area contributed by atoms with Crippen LogP contribution in [-0.4, -0.2) is 74.5 Å². The number of para-hydroxylation sites is 1. The van der Waals surface area contributed by atoms with Gasteiger partial charge in [0.1, 0.15) is 28.3 Å². The summed E-state index contributed by atoms with van der Waals surface area (Å²) in [6.07, 6.45) is 1.91. The lowest BCUT2D eigenvalue weighted by atomic mass is 10.2. The highest BCUT2D eigenvalue weighted by Crippen LogP contribution is 2.32. The van der Waals surface area contributed by atoms with Gasteiger partial charge in [0.2, 0.25) is 5.91 Å². The van der Waals surface area contributed by atoms with Gasteiger partial charge in [0.25, 0.3) is 0 Å². The summed E-state index contributed by atoms with van der Waals surface area (Å²) in [4.78, 5) is 47.0. The molecule has 10 nitrogen and oxygen atoms in total. The molecule has 4 aromatic rings. The van der Waals surface area contributed by atoms with E-state index >= 15 is 0 Å². The Kier molecular flexibility index (Phi) is 6.58. The molecular formula is C24H27N7O3S. The first-order valence-corrected chi connectivity index (χ1v) is 12.6. The number of anilines is 1. The molecule has 35 heavy (non-hydrogen) atoms. The Bertz CT molecular complexity index is 1370. The lowest BCUT2D eigenvalue weighted by Gasteiger charge is -2.35. The topological polar surface area (TPSA) is 106 Å². The lowest BCUT2D eigenvalue weighted by Crippen LogP contribution is -2.49. The van der Waals surface area contributed by atoms with Crippen LogP contribution in [0.4, 0.5) is 5.82 Å². The average molecular weight is 494 g/mol. The normalized spacial score (nSPS) is 14.1. The molecule has 1 saturated heterocycles. The van der Waals surface area contributed by atoms with Crippen LogP contribution in [0.25, 0.3) is 21.3 Å². The van der Waals surface area contributed by atoms with Crippen molar-refractivity contribution in [3.8, 4) is 0 Å². The van der Waals surface area contributed by atoms with E-state index in [1.54, 1.807) is 11.3 Å². The number of piperazine rings is 1. The van der Waals surface area contributed by atoms with Gasteiger partial charge in [-0.1, -0.05) is 23.9 Å². The van der Waals surface area contributed by atoms with E-state index in [1.165, 1.54) is 16.6 Å². The molecule has 1 amide bonds. The number of hydrogen-bond acceptors (Lipinski definition) is 9. The summed E-state index contributed by atoms with van der Waals surface area (Å²) < 4.78 is 0. The maximum absolute atomic E-state index is 12.8. The van der Waals surface area contributed by atoms with Crippen LogP contribution in [0.2, 0.25) is 0 Å². The number of fused-ring (bicyclic) bond motifs is 2. The predicted molar refractivity (Wildman–Crippen MR) is 134 cm³/mol. The van der Waals surface area contributed by atoms with Crippen LogP contribution < -0.4 is 9.74 Å². The molecule has 182 valence electrons. The van der Waals surface area contributed by atoms with Crippen molar-refractivity contribution in [2.45, 2.75) is 33.1 Å². The molecule has 0 bridgehead atoms. The van der Waals surface area contributed by atoms with Crippen molar-refractivity contribution < 1.29 is 14.4 Å². The van der Waals surface area contributed by atoms with Crippen molar-refractivity contribution in [2.75, 3.05) is 37.7 Å². The Morgan fingerprint density at radius 3 is 2.69 bits per heavy atom. The maximum atomic E-state index is 12.8. The standard InChI is InChI=1S/C24H27N7O3S/c1-3-17-15-18-23(25-22(16(2)32)26-24(18)35-17)30-12-10-29(11-13-30)21(33)9-6-14-34-31-20-8-5-4-7-19(20)27-28-31/h4-5,7-8,15H,3,6,9-14H2,1-2H3. The molecule has 4 heterocycles. The Hall–Kier alpha value is -3.60. The molecule has 0 spiro atoms. The van der Waals surface area contributed by atoms with Gasteiger partial charge < -0.3 is 14.6 Å². The van der Waals surface area contributed by atoms with E-state index in [0.717, 1.165) is 33.5 Å². The summed E-state index contributed by atoms with van der Waals surface area (Å²) in [6, 6.07) is 9.69. The van der Waals surface area contributed by atoms with Gasteiger partial charge in [-0.15, -0.1) is 16.4 Å². The molecule has 5 rings (SSSR count). The number of aryl methyl sites for hydroxylation is 1. The molecule has 0 unspecified atom stereocenters. The van der Waals surface area contributed by atoms with Crippen LogP contribution in [0.15, 0.2) is 30.3 Å². The van der Waals surface area contributed by atoms with Gasteiger partial charge in [-0.3, -0.25) is 9.59 Å². The quantitative estimate of drug-likeness (QED) is 0.272. The van der Waals surface area contributed by atoms with Crippen LogP contribution in [0, 0.1) is 0 Å². The number of aromatic nitrogens is 5. The molecule has 1 aliphatic rings. The fourth-order valence-corrected chi connectivity index (χ4v) is 5.13. The zero-order chi connectivity index (χ0) is 24.4. The molecule has 0 radical (unpaired) electrons. The van der Waals surface area contributed by atoms with E-state index < -0.39 is 0 Å². The number of Topliss-reactive ketones (excluding diaryl/α,β-unsaturated/α-hetero) is 1. The molecule has 1 fully saturated rings. The van der Waals surface area contributed by atoms with Crippen molar-refractivity contribution in [2.24, 2.45) is 0 Å². The van der Waals surface area contributed by atoms with Crippen LogP contribution in [0.3, 0.4) is 0 Å². The summed E-state index contributed by atoms with van der Waals surface area (Å²) in [5.41, 5.74) is 1.57. The number of hydrogen-bond donors (Lipinski definition) is 0. The molecule has 0 saturated carbocycles. The van der Waals surface area contributed by atoms with Gasteiger partial charge in [0.15, 0.2) is 11.6 Å². The first kappa shape index (κ1) is 23.2. The van der Waals surface area contributed by atoms with Crippen molar-refractivity contribution in [3.63, 3.8) is 0 Å². The van der Waals surface area contributed by atoms with Crippen molar-refractivity contribution in [3.05, 3.63) is 41.0 Å².